The monoisotopic (exact) mass is 288 g/mol. The fraction of sp³-hybridized carbons (Fsp3) is 0.500. The van der Waals surface area contributed by atoms with Gasteiger partial charge in [0.2, 0.25) is 0 Å². The summed E-state index contributed by atoms with van der Waals surface area (Å²) in [7, 11) is 0. The summed E-state index contributed by atoms with van der Waals surface area (Å²) in [5, 5.41) is 9.80. The summed E-state index contributed by atoms with van der Waals surface area (Å²) < 4.78 is 0. The fourth-order valence-electron chi connectivity index (χ4n) is 3.29. The molecule has 21 heavy (non-hydrogen) atoms. The van der Waals surface area contributed by atoms with Gasteiger partial charge in [-0.15, -0.1) is 0 Å². The Morgan fingerprint density at radius 2 is 1.71 bits per heavy atom. The number of carbonyl (C=O) groups excluding carboxylic acids is 2. The van der Waals surface area contributed by atoms with Gasteiger partial charge in [0.15, 0.2) is 0 Å². The van der Waals surface area contributed by atoms with Crippen LogP contribution in [0.25, 0.3) is 0 Å². The van der Waals surface area contributed by atoms with Crippen LogP contribution < -0.4 is 0 Å². The molecular formula is C16H20N2O3. The Balaban J connectivity index is 1.64. The molecule has 5 nitrogen and oxygen atoms in total. The lowest BCUT2D eigenvalue weighted by atomic mass is 9.98. The normalized spacial score (nSPS) is 26.3. The van der Waals surface area contributed by atoms with Crippen LogP contribution in [0.3, 0.4) is 0 Å². The lowest BCUT2D eigenvalue weighted by molar-refractivity contribution is 0.0381. The highest BCUT2D eigenvalue weighted by molar-refractivity contribution is 6.21. The summed E-state index contributed by atoms with van der Waals surface area (Å²) in [6.07, 6.45) is 0.514. The van der Waals surface area contributed by atoms with Crippen LogP contribution in [0.5, 0.6) is 0 Å². The number of β-amino-alcohol motifs (C(OH)–C–C–N with tert-alkyl or cyclic N) is 1. The summed E-state index contributed by atoms with van der Waals surface area (Å²) in [5.41, 5.74) is 0.990. The number of rotatable bonds is 3. The first-order valence-corrected chi connectivity index (χ1v) is 7.42. The molecule has 0 bridgehead atoms. The third kappa shape index (κ3) is 2.71. The standard InChI is InChI=1S/C16H20N2O3/c1-11-8-12(19)10-17(9-11)6-7-18-15(20)13-4-2-3-5-14(13)16(18)21/h2-5,11-12,19H,6-10H2,1H3. The quantitative estimate of drug-likeness (QED) is 0.843. The molecule has 2 atom stereocenters. The van der Waals surface area contributed by atoms with Crippen molar-refractivity contribution in [2.45, 2.75) is 19.4 Å². The fourth-order valence-corrected chi connectivity index (χ4v) is 3.29. The molecule has 2 aliphatic heterocycles. The Labute approximate surface area is 124 Å². The molecule has 2 heterocycles. The molecule has 1 aromatic rings. The molecule has 2 unspecified atom stereocenters. The zero-order valence-electron chi connectivity index (χ0n) is 12.2. The first kappa shape index (κ1) is 14.2. The minimum absolute atomic E-state index is 0.207. The molecule has 0 aromatic heterocycles. The van der Waals surface area contributed by atoms with Gasteiger partial charge in [0.1, 0.15) is 0 Å². The minimum Gasteiger partial charge on any atom is -0.392 e. The number of piperidine rings is 1. The van der Waals surface area contributed by atoms with Crippen LogP contribution in [0.2, 0.25) is 0 Å². The first-order valence-electron chi connectivity index (χ1n) is 7.42. The summed E-state index contributed by atoms with van der Waals surface area (Å²) >= 11 is 0. The van der Waals surface area contributed by atoms with Crippen LogP contribution >= 0.6 is 0 Å². The number of amides is 2. The second-order valence-corrected chi connectivity index (χ2v) is 6.06. The number of nitrogens with zero attached hydrogens (tertiary/aromatic N) is 2. The number of likely N-dealkylation sites (tertiary alicyclic amines) is 1. The molecule has 0 radical (unpaired) electrons. The SMILES string of the molecule is CC1CC(O)CN(CCN2C(=O)c3ccccc3C2=O)C1. The maximum Gasteiger partial charge on any atom is 0.261 e. The molecule has 1 N–H and O–H groups in total. The van der Waals surface area contributed by atoms with E-state index in [4.69, 9.17) is 0 Å². The number of carbonyl (C=O) groups is 2. The van der Waals surface area contributed by atoms with Crippen molar-refractivity contribution >= 4 is 11.8 Å². The van der Waals surface area contributed by atoms with Crippen molar-refractivity contribution < 1.29 is 14.7 Å². The maximum absolute atomic E-state index is 12.2. The zero-order chi connectivity index (χ0) is 15.0. The predicted octanol–water partition coefficient (Wildman–Crippen LogP) is 0.985. The Hall–Kier alpha value is -1.72. The molecule has 0 saturated carbocycles. The molecule has 3 rings (SSSR count). The third-order valence-electron chi connectivity index (χ3n) is 4.23. The van der Waals surface area contributed by atoms with E-state index in [1.165, 1.54) is 4.90 Å². The van der Waals surface area contributed by atoms with Crippen LogP contribution in [-0.4, -0.2) is 59.0 Å². The molecule has 0 aliphatic carbocycles. The Bertz CT molecular complexity index is 527. The molecule has 1 fully saturated rings. The van der Waals surface area contributed by atoms with Gasteiger partial charge >= 0.3 is 0 Å². The van der Waals surface area contributed by atoms with Gasteiger partial charge in [0, 0.05) is 26.2 Å². The van der Waals surface area contributed by atoms with Gasteiger partial charge < -0.3 is 5.11 Å². The Morgan fingerprint density at radius 3 is 2.29 bits per heavy atom. The summed E-state index contributed by atoms with van der Waals surface area (Å²) in [6.45, 7) is 4.63. The van der Waals surface area contributed by atoms with E-state index in [0.717, 1.165) is 13.0 Å². The van der Waals surface area contributed by atoms with Crippen LogP contribution in [0.15, 0.2) is 24.3 Å². The van der Waals surface area contributed by atoms with Gasteiger partial charge in [0.25, 0.3) is 11.8 Å². The van der Waals surface area contributed by atoms with E-state index in [2.05, 4.69) is 11.8 Å². The molecule has 1 aromatic carbocycles. The average Bonchev–Trinajstić information content (AvgIpc) is 2.69. The summed E-state index contributed by atoms with van der Waals surface area (Å²) in [6, 6.07) is 6.94. The predicted molar refractivity (Wildman–Crippen MR) is 78.0 cm³/mol. The van der Waals surface area contributed by atoms with E-state index >= 15 is 0 Å². The number of hydrogen-bond acceptors (Lipinski definition) is 4. The van der Waals surface area contributed by atoms with Crippen molar-refractivity contribution in [3.63, 3.8) is 0 Å². The van der Waals surface area contributed by atoms with Gasteiger partial charge in [0.05, 0.1) is 17.2 Å². The van der Waals surface area contributed by atoms with Crippen molar-refractivity contribution in [2.24, 2.45) is 5.92 Å². The van der Waals surface area contributed by atoms with E-state index in [9.17, 15) is 14.7 Å². The molecule has 5 heteroatoms. The highest BCUT2D eigenvalue weighted by atomic mass is 16.3. The lowest BCUT2D eigenvalue weighted by Crippen LogP contribution is -2.46. The van der Waals surface area contributed by atoms with E-state index in [-0.39, 0.29) is 17.9 Å². The smallest absolute Gasteiger partial charge is 0.261 e. The molecular weight excluding hydrogens is 268 g/mol. The van der Waals surface area contributed by atoms with Crippen LogP contribution in [0.1, 0.15) is 34.1 Å². The molecule has 2 aliphatic rings. The van der Waals surface area contributed by atoms with Gasteiger partial charge in [-0.2, -0.15) is 0 Å². The van der Waals surface area contributed by atoms with Crippen molar-refractivity contribution in [3.05, 3.63) is 35.4 Å². The second kappa shape index (κ2) is 5.58. The highest BCUT2D eigenvalue weighted by Crippen LogP contribution is 2.22. The van der Waals surface area contributed by atoms with Crippen LogP contribution in [0.4, 0.5) is 0 Å². The largest absolute Gasteiger partial charge is 0.392 e. The van der Waals surface area contributed by atoms with Crippen LogP contribution in [0, 0.1) is 5.92 Å². The Kier molecular flexibility index (Phi) is 3.78. The van der Waals surface area contributed by atoms with Crippen molar-refractivity contribution in [3.8, 4) is 0 Å². The lowest BCUT2D eigenvalue weighted by Gasteiger charge is -2.34. The number of benzene rings is 1. The summed E-state index contributed by atoms with van der Waals surface area (Å²) in [5.74, 6) is 0.0262. The van der Waals surface area contributed by atoms with E-state index in [1.54, 1.807) is 24.3 Å². The van der Waals surface area contributed by atoms with E-state index in [1.807, 2.05) is 0 Å². The molecule has 2 amide bonds. The van der Waals surface area contributed by atoms with Crippen LogP contribution in [-0.2, 0) is 0 Å². The molecule has 112 valence electrons. The maximum atomic E-state index is 12.2. The third-order valence-corrected chi connectivity index (χ3v) is 4.23. The van der Waals surface area contributed by atoms with Crippen molar-refractivity contribution in [2.75, 3.05) is 26.2 Å². The first-order chi connectivity index (χ1) is 10.1. The number of hydrogen-bond donors (Lipinski definition) is 1. The molecule has 0 spiro atoms. The number of aliphatic hydroxyl groups excluding tert-OH is 1. The van der Waals surface area contributed by atoms with E-state index < -0.39 is 0 Å². The van der Waals surface area contributed by atoms with Gasteiger partial charge in [-0.3, -0.25) is 19.4 Å². The topological polar surface area (TPSA) is 60.9 Å². The number of imide groups is 1. The van der Waals surface area contributed by atoms with Gasteiger partial charge in [-0.1, -0.05) is 19.1 Å². The van der Waals surface area contributed by atoms with Gasteiger partial charge in [-0.05, 0) is 24.5 Å². The minimum atomic E-state index is -0.309. The average molecular weight is 288 g/mol. The van der Waals surface area contributed by atoms with E-state index in [0.29, 0.717) is 36.7 Å². The zero-order valence-corrected chi connectivity index (χ0v) is 12.2. The summed E-state index contributed by atoms with van der Waals surface area (Å²) in [4.78, 5) is 27.9. The second-order valence-electron chi connectivity index (χ2n) is 6.06. The highest BCUT2D eigenvalue weighted by Gasteiger charge is 2.35. The van der Waals surface area contributed by atoms with Gasteiger partial charge in [-0.25, -0.2) is 0 Å². The number of fused-ring (bicyclic) bond motifs is 1. The van der Waals surface area contributed by atoms with Crippen molar-refractivity contribution in [1.29, 1.82) is 0 Å². The molecule has 1 saturated heterocycles. The van der Waals surface area contributed by atoms with Crippen molar-refractivity contribution in [1.82, 2.24) is 9.80 Å². The number of aliphatic hydroxyl groups is 1. The Morgan fingerprint density at radius 1 is 1.10 bits per heavy atom.